The van der Waals surface area contributed by atoms with Crippen LogP contribution in [0.25, 0.3) is 12.2 Å². The second-order valence-corrected chi connectivity index (χ2v) is 5.43. The molecule has 0 bridgehead atoms. The summed E-state index contributed by atoms with van der Waals surface area (Å²) in [6.45, 7) is 0. The molecule has 2 aromatic carbocycles. The summed E-state index contributed by atoms with van der Waals surface area (Å²) in [6, 6.07) is 8.36. The zero-order chi connectivity index (χ0) is 18.4. The van der Waals surface area contributed by atoms with Gasteiger partial charge in [-0.3, -0.25) is 4.79 Å². The fourth-order valence-electron chi connectivity index (χ4n) is 2.04. The third-order valence-corrected chi connectivity index (χ3v) is 3.38. The first kappa shape index (κ1) is 18.1. The van der Waals surface area contributed by atoms with Gasteiger partial charge in [-0.1, -0.05) is 30.4 Å². The predicted octanol–water partition coefficient (Wildman–Crippen LogP) is 2.56. The number of aliphatic hydroxyl groups is 1. The van der Waals surface area contributed by atoms with E-state index < -0.39 is 6.10 Å². The molecule has 0 aromatic heterocycles. The Morgan fingerprint density at radius 3 is 1.88 bits per heavy atom. The van der Waals surface area contributed by atoms with Gasteiger partial charge in [-0.15, -0.1) is 0 Å². The van der Waals surface area contributed by atoms with Crippen LogP contribution in [-0.4, -0.2) is 37.4 Å². The van der Waals surface area contributed by atoms with Gasteiger partial charge >= 0.3 is 0 Å². The number of hydrogen-bond donors (Lipinski definition) is 5. The molecule has 1 unspecified atom stereocenters. The van der Waals surface area contributed by atoms with Crippen LogP contribution in [0.1, 0.15) is 17.5 Å². The average molecular weight is 342 g/mol. The van der Waals surface area contributed by atoms with Gasteiger partial charge in [-0.2, -0.15) is 0 Å². The van der Waals surface area contributed by atoms with E-state index >= 15 is 0 Å². The molecule has 2 rings (SSSR count). The molecule has 6 nitrogen and oxygen atoms in total. The molecule has 0 aliphatic heterocycles. The molecule has 0 heterocycles. The molecule has 0 amide bonds. The Morgan fingerprint density at radius 2 is 1.36 bits per heavy atom. The summed E-state index contributed by atoms with van der Waals surface area (Å²) in [5.74, 6) is -1.36. The molecule has 0 radical (unpaired) electrons. The molecule has 0 spiro atoms. The van der Waals surface area contributed by atoms with Crippen molar-refractivity contribution in [2.75, 3.05) is 0 Å². The Bertz CT molecular complexity index is 823. The van der Waals surface area contributed by atoms with E-state index in [1.807, 2.05) is 0 Å². The quantitative estimate of drug-likeness (QED) is 0.407. The van der Waals surface area contributed by atoms with Crippen molar-refractivity contribution in [2.24, 2.45) is 0 Å². The fourth-order valence-corrected chi connectivity index (χ4v) is 2.04. The van der Waals surface area contributed by atoms with E-state index in [-0.39, 0.29) is 35.2 Å². The highest BCUT2D eigenvalue weighted by molar-refractivity contribution is 5.94. The van der Waals surface area contributed by atoms with Gasteiger partial charge in [0, 0.05) is 6.42 Å². The zero-order valence-corrected chi connectivity index (χ0v) is 13.2. The molecule has 0 saturated heterocycles. The highest BCUT2D eigenvalue weighted by atomic mass is 16.3. The number of hydrogen-bond acceptors (Lipinski definition) is 6. The lowest BCUT2D eigenvalue weighted by Crippen LogP contribution is -2.08. The minimum Gasteiger partial charge on any atom is -0.504 e. The van der Waals surface area contributed by atoms with Crippen LogP contribution < -0.4 is 0 Å². The first-order chi connectivity index (χ1) is 11.8. The van der Waals surface area contributed by atoms with Crippen molar-refractivity contribution in [3.05, 3.63) is 59.7 Å². The second-order valence-electron chi connectivity index (χ2n) is 5.43. The number of aliphatic hydroxyl groups excluding tert-OH is 1. The Kier molecular flexibility index (Phi) is 5.81. The van der Waals surface area contributed by atoms with Crippen LogP contribution in [0.5, 0.6) is 23.0 Å². The van der Waals surface area contributed by atoms with Crippen molar-refractivity contribution in [3.63, 3.8) is 0 Å². The van der Waals surface area contributed by atoms with Crippen LogP contribution in [0, 0.1) is 0 Å². The van der Waals surface area contributed by atoms with E-state index in [4.69, 9.17) is 0 Å². The standard InChI is InChI=1S/C19H18O6/c20-14(5-1-12-3-7-16(22)18(24)9-12)11-15(21)6-2-13-4-8-17(23)19(25)10-13/h1-10,14,20,22-25H,11H2/b5-1+,6-2+. The molecular weight excluding hydrogens is 324 g/mol. The predicted molar refractivity (Wildman–Crippen MR) is 93.2 cm³/mol. The van der Waals surface area contributed by atoms with Crippen molar-refractivity contribution < 1.29 is 30.3 Å². The summed E-state index contributed by atoms with van der Waals surface area (Å²) in [7, 11) is 0. The molecule has 0 saturated carbocycles. The average Bonchev–Trinajstić information content (AvgIpc) is 2.57. The smallest absolute Gasteiger partial charge is 0.158 e. The number of rotatable bonds is 6. The highest BCUT2D eigenvalue weighted by Crippen LogP contribution is 2.26. The lowest BCUT2D eigenvalue weighted by molar-refractivity contribution is -0.115. The molecule has 5 N–H and O–H groups in total. The number of aromatic hydroxyl groups is 4. The van der Waals surface area contributed by atoms with Gasteiger partial charge in [0.05, 0.1) is 6.10 Å². The number of phenolic OH excluding ortho intramolecular Hbond substituents is 4. The maximum absolute atomic E-state index is 11.8. The Hall–Kier alpha value is -3.25. The maximum Gasteiger partial charge on any atom is 0.158 e. The molecule has 2 aromatic rings. The van der Waals surface area contributed by atoms with Crippen LogP contribution in [0.15, 0.2) is 48.6 Å². The number of carbonyl (C=O) groups excluding carboxylic acids is 1. The summed E-state index contributed by atoms with van der Waals surface area (Å²) in [5, 5.41) is 47.0. The van der Waals surface area contributed by atoms with Crippen molar-refractivity contribution in [1.82, 2.24) is 0 Å². The summed E-state index contributed by atoms with van der Waals surface area (Å²) in [5.41, 5.74) is 1.10. The van der Waals surface area contributed by atoms with Gasteiger partial charge in [-0.05, 0) is 41.5 Å². The van der Waals surface area contributed by atoms with Gasteiger partial charge in [0.25, 0.3) is 0 Å². The van der Waals surface area contributed by atoms with Crippen LogP contribution in [0.3, 0.4) is 0 Å². The van der Waals surface area contributed by atoms with Crippen LogP contribution in [0.4, 0.5) is 0 Å². The highest BCUT2D eigenvalue weighted by Gasteiger charge is 2.06. The number of benzene rings is 2. The van der Waals surface area contributed by atoms with Crippen molar-refractivity contribution in [1.29, 1.82) is 0 Å². The van der Waals surface area contributed by atoms with Crippen LogP contribution in [0.2, 0.25) is 0 Å². The van der Waals surface area contributed by atoms with Crippen LogP contribution in [-0.2, 0) is 4.79 Å². The van der Waals surface area contributed by atoms with Gasteiger partial charge in [0.1, 0.15) is 0 Å². The minimum absolute atomic E-state index is 0.138. The largest absolute Gasteiger partial charge is 0.504 e. The fraction of sp³-hybridized carbons (Fsp3) is 0.105. The molecular formula is C19H18O6. The third-order valence-electron chi connectivity index (χ3n) is 3.38. The SMILES string of the molecule is O=C(/C=C/c1ccc(O)c(O)c1)CC(O)/C=C/c1ccc(O)c(O)c1. The number of allylic oxidation sites excluding steroid dienone is 1. The van der Waals surface area contributed by atoms with E-state index in [0.717, 1.165) is 0 Å². The van der Waals surface area contributed by atoms with Gasteiger partial charge < -0.3 is 25.5 Å². The van der Waals surface area contributed by atoms with E-state index in [1.54, 1.807) is 6.07 Å². The Labute approximate surface area is 144 Å². The molecule has 0 aliphatic rings. The maximum atomic E-state index is 11.8. The van der Waals surface area contributed by atoms with Gasteiger partial charge in [0.2, 0.25) is 0 Å². The molecule has 130 valence electrons. The molecule has 6 heteroatoms. The van der Waals surface area contributed by atoms with E-state index in [2.05, 4.69) is 0 Å². The monoisotopic (exact) mass is 342 g/mol. The zero-order valence-electron chi connectivity index (χ0n) is 13.2. The molecule has 0 aliphatic carbocycles. The first-order valence-corrected chi connectivity index (χ1v) is 7.46. The Morgan fingerprint density at radius 1 is 0.840 bits per heavy atom. The summed E-state index contributed by atoms with van der Waals surface area (Å²) in [4.78, 5) is 11.8. The topological polar surface area (TPSA) is 118 Å². The minimum atomic E-state index is -1.01. The number of ketones is 1. The first-order valence-electron chi connectivity index (χ1n) is 7.46. The van der Waals surface area contributed by atoms with Crippen LogP contribution >= 0.6 is 0 Å². The van der Waals surface area contributed by atoms with Gasteiger partial charge in [-0.25, -0.2) is 0 Å². The Balaban J connectivity index is 1.92. The number of phenols is 4. The van der Waals surface area contributed by atoms with E-state index in [1.165, 1.54) is 54.6 Å². The molecule has 25 heavy (non-hydrogen) atoms. The molecule has 0 fully saturated rings. The third kappa shape index (κ3) is 5.40. The van der Waals surface area contributed by atoms with Crippen molar-refractivity contribution in [2.45, 2.75) is 12.5 Å². The van der Waals surface area contributed by atoms with E-state index in [0.29, 0.717) is 11.1 Å². The number of carbonyl (C=O) groups is 1. The van der Waals surface area contributed by atoms with E-state index in [9.17, 15) is 30.3 Å². The summed E-state index contributed by atoms with van der Waals surface area (Å²) in [6.07, 6.45) is 4.52. The second kappa shape index (κ2) is 8.03. The summed E-state index contributed by atoms with van der Waals surface area (Å²) < 4.78 is 0. The normalized spacial score (nSPS) is 12.7. The van der Waals surface area contributed by atoms with Crippen molar-refractivity contribution >= 4 is 17.9 Å². The summed E-state index contributed by atoms with van der Waals surface area (Å²) >= 11 is 0. The lowest BCUT2D eigenvalue weighted by atomic mass is 10.1. The van der Waals surface area contributed by atoms with Crippen molar-refractivity contribution in [3.8, 4) is 23.0 Å². The molecule has 1 atom stereocenters. The van der Waals surface area contributed by atoms with Gasteiger partial charge in [0.15, 0.2) is 28.8 Å². The lowest BCUT2D eigenvalue weighted by Gasteiger charge is -2.03.